The molecule has 23 heteroatoms. The number of nitrogens with zero attached hydrogens (tertiary/aromatic N) is 4. The number of para-hydroxylation sites is 1. The van der Waals surface area contributed by atoms with Crippen LogP contribution in [0, 0.1) is 6.92 Å². The number of anilines is 2. The predicted octanol–water partition coefficient (Wildman–Crippen LogP) is 4.20. The predicted molar refractivity (Wildman–Crippen MR) is 190 cm³/mol. The fourth-order valence-corrected chi connectivity index (χ4v) is 5.85. The van der Waals surface area contributed by atoms with Crippen LogP contribution >= 0.6 is 42.4 Å². The fourth-order valence-electron chi connectivity index (χ4n) is 4.17. The molecule has 16 nitrogen and oxygen atoms in total. The maximum Gasteiger partial charge on any atom is 0.355 e. The van der Waals surface area contributed by atoms with Gasteiger partial charge in [0.2, 0.25) is 15.9 Å². The second kappa shape index (κ2) is 20.8. The number of amides is 1. The van der Waals surface area contributed by atoms with Gasteiger partial charge in [-0.05, 0) is 43.0 Å². The quantitative estimate of drug-likeness (QED) is 0.0877. The van der Waals surface area contributed by atoms with Gasteiger partial charge in [0.15, 0.2) is 0 Å². The molecular weight excluding hydrogens is 788 g/mol. The van der Waals surface area contributed by atoms with Crippen molar-refractivity contribution in [2.24, 2.45) is 0 Å². The van der Waals surface area contributed by atoms with Crippen molar-refractivity contribution >= 4 is 75.7 Å². The molecule has 51 heavy (non-hydrogen) atoms. The van der Waals surface area contributed by atoms with Crippen LogP contribution in [0.2, 0.25) is 10.0 Å². The molecule has 0 radical (unpaired) electrons. The van der Waals surface area contributed by atoms with Crippen LogP contribution in [-0.4, -0.2) is 88.3 Å². The van der Waals surface area contributed by atoms with E-state index in [1.807, 2.05) is 18.2 Å². The number of methoxy groups -OCH3 is 1. The number of aryl methyl sites for hydroxylation is 3. The van der Waals surface area contributed by atoms with Gasteiger partial charge < -0.3 is 19.6 Å². The Morgan fingerprint density at radius 3 is 2.10 bits per heavy atom. The Labute approximate surface area is 307 Å². The fraction of sp³-hybridized carbons (Fsp3) is 0.429. The smallest absolute Gasteiger partial charge is 0.355 e. The summed E-state index contributed by atoms with van der Waals surface area (Å²) in [5, 5.41) is 13.7. The largest absolute Gasteiger partial charge is 0.480 e. The molecule has 2 aromatic carbocycles. The summed E-state index contributed by atoms with van der Waals surface area (Å²) >= 11 is 17.5. The standard InChI is InChI=1S/C14H20ClNO2.C11H10Cl2F2N4O3S.C3H8NO5P/c1-4-11-7-6-8-12(5-2)14(11)16(10-18-3)13(17)9-15;1-5-16-19(11(20)18(5)10(14)15)9-4-8(17-23(2,21)22)6(12)3-7(9)13;5-3(6)1-4-2-10(7,8)9/h6-8H,4-5,9-10H2,1-3H3;3-4,10,17H,1-2H3;4H,1-2H2,(H,5,6)(H2,7,8,9). The molecule has 1 heterocycles. The summed E-state index contributed by atoms with van der Waals surface area (Å²) in [7, 11) is -6.17. The van der Waals surface area contributed by atoms with E-state index in [4.69, 9.17) is 54.4 Å². The number of carboxylic acids is 1. The van der Waals surface area contributed by atoms with E-state index in [1.54, 1.807) is 12.0 Å². The van der Waals surface area contributed by atoms with Crippen molar-refractivity contribution in [1.29, 1.82) is 0 Å². The summed E-state index contributed by atoms with van der Waals surface area (Å²) in [6.45, 7) is 2.10. The van der Waals surface area contributed by atoms with Gasteiger partial charge in [0.05, 0.1) is 46.2 Å². The molecule has 5 N–H and O–H groups in total. The highest BCUT2D eigenvalue weighted by molar-refractivity contribution is 7.92. The monoisotopic (exact) mass is 824 g/mol. The van der Waals surface area contributed by atoms with E-state index in [-0.39, 0.29) is 50.3 Å². The SMILES string of the molecule is CCc1cccc(CC)c1N(COC)C(=O)CCl.Cc1nn(-c2cc(NS(C)(=O)=O)c(Cl)cc2Cl)c(=O)n1C(F)F.O=C(O)CNCP(=O)(O)O. The first-order valence-electron chi connectivity index (χ1n) is 14.5. The number of carboxylic acid groups (broad SMARTS) is 1. The number of aromatic nitrogens is 3. The Morgan fingerprint density at radius 1 is 1.12 bits per heavy atom. The van der Waals surface area contributed by atoms with Gasteiger partial charge in [-0.15, -0.1) is 16.7 Å². The number of hydrogen-bond acceptors (Lipinski definition) is 9. The lowest BCUT2D eigenvalue weighted by Gasteiger charge is -2.26. The van der Waals surface area contributed by atoms with Crippen molar-refractivity contribution < 1.29 is 51.0 Å². The van der Waals surface area contributed by atoms with Gasteiger partial charge in [-0.3, -0.25) is 29.1 Å². The van der Waals surface area contributed by atoms with E-state index in [0.29, 0.717) is 4.68 Å². The van der Waals surface area contributed by atoms with Crippen LogP contribution in [0.25, 0.3) is 5.69 Å². The molecule has 0 fully saturated rings. The Balaban J connectivity index is 0.000000414. The second-order valence-electron chi connectivity index (χ2n) is 10.2. The molecule has 0 aliphatic heterocycles. The Bertz CT molecular complexity index is 1850. The van der Waals surface area contributed by atoms with E-state index in [9.17, 15) is 36.1 Å². The zero-order valence-electron chi connectivity index (χ0n) is 27.9. The van der Waals surface area contributed by atoms with Gasteiger partial charge in [-0.2, -0.15) is 13.5 Å². The molecule has 0 bridgehead atoms. The number of rotatable bonds is 14. The van der Waals surface area contributed by atoms with Gasteiger partial charge in [0.25, 0.3) is 0 Å². The molecule has 0 saturated heterocycles. The molecule has 1 aromatic heterocycles. The van der Waals surface area contributed by atoms with Crippen molar-refractivity contribution in [2.45, 2.75) is 40.2 Å². The van der Waals surface area contributed by atoms with E-state index in [1.165, 1.54) is 13.0 Å². The molecule has 0 aliphatic rings. The molecule has 0 aliphatic carbocycles. The van der Waals surface area contributed by atoms with Crippen molar-refractivity contribution in [3.05, 3.63) is 67.8 Å². The number of ether oxygens (including phenoxy) is 1. The maximum absolute atomic E-state index is 12.8. The molecule has 286 valence electrons. The number of hydrogen-bond donors (Lipinski definition) is 5. The van der Waals surface area contributed by atoms with Gasteiger partial charge in [0.1, 0.15) is 18.4 Å². The Kier molecular flexibility index (Phi) is 18.7. The number of aliphatic carboxylic acids is 1. The number of sulfonamides is 1. The molecule has 3 rings (SSSR count). The molecule has 0 unspecified atom stereocenters. The highest BCUT2D eigenvalue weighted by Crippen LogP contribution is 2.32. The third-order valence-corrected chi connectivity index (χ3v) is 8.31. The number of benzene rings is 2. The summed E-state index contributed by atoms with van der Waals surface area (Å²) in [6.07, 6.45) is 2.05. The summed E-state index contributed by atoms with van der Waals surface area (Å²) in [5.74, 6) is -1.54. The lowest BCUT2D eigenvalue weighted by molar-refractivity contribution is -0.135. The normalized spacial score (nSPS) is 11.3. The van der Waals surface area contributed by atoms with Crippen LogP contribution < -0.4 is 20.6 Å². The number of alkyl halides is 3. The van der Waals surface area contributed by atoms with Crippen LogP contribution in [0.1, 0.15) is 37.3 Å². The maximum atomic E-state index is 12.8. The summed E-state index contributed by atoms with van der Waals surface area (Å²) in [4.78, 5) is 51.7. The van der Waals surface area contributed by atoms with Crippen molar-refractivity contribution in [1.82, 2.24) is 19.7 Å². The lowest BCUT2D eigenvalue weighted by Crippen LogP contribution is -2.35. The zero-order valence-corrected chi connectivity index (χ0v) is 31.9. The summed E-state index contributed by atoms with van der Waals surface area (Å²) in [5.41, 5.74) is 1.97. The van der Waals surface area contributed by atoms with Gasteiger partial charge in [-0.25, -0.2) is 17.8 Å². The van der Waals surface area contributed by atoms with Crippen molar-refractivity contribution in [3.63, 3.8) is 0 Å². The van der Waals surface area contributed by atoms with Crippen LogP contribution in [-0.2, 0) is 41.8 Å². The van der Waals surface area contributed by atoms with Crippen LogP contribution in [0.15, 0.2) is 35.1 Å². The van der Waals surface area contributed by atoms with E-state index in [2.05, 4.69) is 29.0 Å². The van der Waals surface area contributed by atoms with Crippen LogP contribution in [0.4, 0.5) is 20.2 Å². The third-order valence-electron chi connectivity index (χ3n) is 6.24. The third kappa shape index (κ3) is 14.8. The molecule has 0 atom stereocenters. The number of nitrogens with one attached hydrogen (secondary N) is 2. The molecular formula is C28H38Cl3F2N6O10PS. The minimum atomic E-state index is -4.10. The zero-order chi connectivity index (χ0) is 39.3. The van der Waals surface area contributed by atoms with E-state index in [0.717, 1.165) is 42.0 Å². The minimum absolute atomic E-state index is 0.0257. The first-order chi connectivity index (χ1) is 23.6. The average Bonchev–Trinajstić information content (AvgIpc) is 3.32. The van der Waals surface area contributed by atoms with E-state index >= 15 is 0 Å². The summed E-state index contributed by atoms with van der Waals surface area (Å²) < 4.78 is 66.5. The average molecular weight is 826 g/mol. The number of carbonyl (C=O) groups excluding carboxylic acids is 1. The minimum Gasteiger partial charge on any atom is -0.480 e. The molecule has 3 aromatic rings. The van der Waals surface area contributed by atoms with Crippen LogP contribution in [0.3, 0.4) is 0 Å². The lowest BCUT2D eigenvalue weighted by atomic mass is 10.0. The first kappa shape index (κ1) is 45.9. The van der Waals surface area contributed by atoms with Gasteiger partial charge >= 0.3 is 25.8 Å². The summed E-state index contributed by atoms with van der Waals surface area (Å²) in [6, 6.07) is 8.42. The molecule has 0 spiro atoms. The van der Waals surface area contributed by atoms with Gasteiger partial charge in [-0.1, -0.05) is 55.2 Å². The van der Waals surface area contributed by atoms with E-state index < -0.39 is 48.7 Å². The first-order valence-corrected chi connectivity index (χ1v) is 19.5. The molecule has 1 amide bonds. The highest BCUT2D eigenvalue weighted by atomic mass is 35.5. The highest BCUT2D eigenvalue weighted by Gasteiger charge is 2.22. The van der Waals surface area contributed by atoms with Crippen molar-refractivity contribution in [2.75, 3.05) is 48.4 Å². The number of halogens is 5. The molecule has 0 saturated carbocycles. The topological polar surface area (TPSA) is 222 Å². The second-order valence-corrected chi connectivity index (χ2v) is 14.7. The van der Waals surface area contributed by atoms with Crippen molar-refractivity contribution in [3.8, 4) is 5.69 Å². The Morgan fingerprint density at radius 2 is 1.69 bits per heavy atom. The number of carbonyl (C=O) groups is 2. The Hall–Kier alpha value is -3.13. The van der Waals surface area contributed by atoms with Crippen LogP contribution in [0.5, 0.6) is 0 Å². The van der Waals surface area contributed by atoms with Gasteiger partial charge in [0, 0.05) is 7.11 Å².